The van der Waals surface area contributed by atoms with E-state index >= 15 is 0 Å². The Balaban J connectivity index is -0.000000118. The van der Waals surface area contributed by atoms with Crippen molar-refractivity contribution in [1.82, 2.24) is 0 Å². The van der Waals surface area contributed by atoms with Gasteiger partial charge in [0, 0.05) is 42.7 Å². The summed E-state index contributed by atoms with van der Waals surface area (Å²) in [6.45, 7) is 128. The summed E-state index contributed by atoms with van der Waals surface area (Å²) in [7, 11) is -14.0. The normalized spacial score (nSPS) is 13.0. The second-order valence-corrected chi connectivity index (χ2v) is 133. The van der Waals surface area contributed by atoms with Gasteiger partial charge < -0.3 is 55.4 Å². The lowest BCUT2D eigenvalue weighted by molar-refractivity contribution is 0.258. The Hall–Kier alpha value is 3.60. The number of rotatable bonds is 56. The lowest BCUT2D eigenvalue weighted by Gasteiger charge is -2.34. The van der Waals surface area contributed by atoms with Gasteiger partial charge in [0.25, 0.3) is 0 Å². The molecule has 0 atom stereocenters. The average molecular weight is 2180 g/mol. The van der Waals surface area contributed by atoms with Crippen LogP contribution in [0.15, 0.2) is 0 Å². The van der Waals surface area contributed by atoms with Crippen molar-refractivity contribution in [2.24, 2.45) is 0 Å². The molecule has 0 aromatic rings. The van der Waals surface area contributed by atoms with Gasteiger partial charge in [0.1, 0.15) is 0 Å². The first-order valence-electron chi connectivity index (χ1n) is 53.6. The molecule has 0 heterocycles. The number of hydrogen-bond donors (Lipinski definition) is 0. The van der Waals surface area contributed by atoms with Crippen molar-refractivity contribution in [2.75, 3.05) is 42.7 Å². The van der Waals surface area contributed by atoms with Crippen molar-refractivity contribution in [3.8, 4) is 0 Å². The van der Waals surface area contributed by atoms with Crippen molar-refractivity contribution in [2.45, 2.75) is 598 Å². The monoisotopic (exact) mass is 2180 g/mol. The summed E-state index contributed by atoms with van der Waals surface area (Å²) in [6.07, 6.45) is 23.6. The molecule has 0 N–H and O–H groups in total. The van der Waals surface area contributed by atoms with Crippen molar-refractivity contribution in [3.63, 3.8) is 0 Å². The fraction of sp³-hybridized carbons (Fsp3) is 1.00. The molecular formula is C98H258O13Si19. The molecule has 0 unspecified atom stereocenters. The topological polar surface area (TPSA) is 120 Å². The Morgan fingerprint density at radius 1 is 0.115 bits per heavy atom. The Bertz CT molecular complexity index is 2360. The molecule has 0 rings (SSSR count). The van der Waals surface area contributed by atoms with E-state index in [1.807, 2.05) is 34.4 Å². The molecule has 0 bridgehead atoms. The van der Waals surface area contributed by atoms with E-state index in [1.54, 1.807) is 21.3 Å². The zero-order valence-corrected chi connectivity index (χ0v) is 121. The van der Waals surface area contributed by atoms with E-state index in [0.29, 0.717) is 0 Å². The van der Waals surface area contributed by atoms with Crippen LogP contribution in [0.3, 0.4) is 0 Å². The molecule has 13 nitrogen and oxygen atoms in total. The van der Waals surface area contributed by atoms with Gasteiger partial charge in [0.15, 0.2) is 150 Å². The van der Waals surface area contributed by atoms with Crippen molar-refractivity contribution >= 4 is 158 Å². The van der Waals surface area contributed by atoms with Crippen LogP contribution in [0.2, 0.25) is 358 Å². The van der Waals surface area contributed by atoms with Crippen molar-refractivity contribution in [3.05, 3.63) is 0 Å². The van der Waals surface area contributed by atoms with E-state index in [9.17, 15) is 0 Å². The molecule has 130 heavy (non-hydrogen) atoms. The maximum absolute atomic E-state index is 6.45. The highest BCUT2D eigenvalue weighted by Crippen LogP contribution is 2.30. The minimum absolute atomic E-state index is 1.15. The molecule has 0 radical (unpaired) electrons. The van der Waals surface area contributed by atoms with Gasteiger partial charge in [-0.05, 0) is 358 Å². The molecule has 0 aliphatic carbocycles. The summed E-state index contributed by atoms with van der Waals surface area (Å²) < 4.78 is 75.7. The van der Waals surface area contributed by atoms with Crippen LogP contribution in [0.25, 0.3) is 0 Å². The Morgan fingerprint density at radius 3 is 0.362 bits per heavy atom. The third-order valence-electron chi connectivity index (χ3n) is 24.3. The van der Waals surface area contributed by atoms with Gasteiger partial charge in [-0.3, -0.25) is 0 Å². The van der Waals surface area contributed by atoms with E-state index in [1.165, 1.54) is 224 Å². The van der Waals surface area contributed by atoms with Gasteiger partial charge in [-0.25, -0.2) is 0 Å². The molecule has 0 amide bonds. The van der Waals surface area contributed by atoms with Gasteiger partial charge in [0.05, 0.1) is 0 Å². The molecular weight excluding hydrogens is 1920 g/mol. The van der Waals surface area contributed by atoms with Gasteiger partial charge in [-0.15, -0.1) is 0 Å². The lowest BCUT2D eigenvalue weighted by atomic mass is 10.3. The highest BCUT2D eigenvalue weighted by molar-refractivity contribution is 6.89. The summed E-state index contributed by atoms with van der Waals surface area (Å²) in [6, 6.07) is 23.1. The molecule has 32 heteroatoms. The predicted octanol–water partition coefficient (Wildman–Crippen LogP) is 39.6. The van der Waals surface area contributed by atoms with Crippen LogP contribution in [0.5, 0.6) is 0 Å². The van der Waals surface area contributed by atoms with Crippen LogP contribution in [0.1, 0.15) is 240 Å². The fourth-order valence-corrected chi connectivity index (χ4v) is 76.4. The summed E-state index contributed by atoms with van der Waals surface area (Å²) in [4.78, 5) is 0. The highest BCUT2D eigenvalue weighted by atomic mass is 28.5. The Kier molecular flexibility index (Phi) is 101. The smallest absolute Gasteiger partial charge is 0.331 e. The van der Waals surface area contributed by atoms with Gasteiger partial charge in [-0.2, -0.15) is 0 Å². The van der Waals surface area contributed by atoms with E-state index in [0.717, 1.165) is 0 Å². The Labute approximate surface area is 846 Å². The van der Waals surface area contributed by atoms with E-state index in [4.69, 9.17) is 55.4 Å². The third kappa shape index (κ3) is 122. The first-order valence-corrected chi connectivity index (χ1v) is 113. The molecule has 0 aliphatic rings. The van der Waals surface area contributed by atoms with Gasteiger partial charge in [0.2, 0.25) is 0 Å². The molecule has 804 valence electrons. The molecule has 0 saturated carbocycles. The summed E-state index contributed by atoms with van der Waals surface area (Å²) in [5.74, 6) is 0. The second-order valence-electron chi connectivity index (χ2n) is 48.2. The zero-order valence-electron chi connectivity index (χ0n) is 102. The lowest BCUT2D eigenvalue weighted by Crippen LogP contribution is -2.44. The first kappa shape index (κ1) is 159. The molecule has 0 aromatic carbocycles. The summed E-state index contributed by atoms with van der Waals surface area (Å²) >= 11 is 0. The molecule has 0 saturated heterocycles. The highest BCUT2D eigenvalue weighted by Gasteiger charge is 2.37. The standard InChI is InChI=1S/2C11H28OSi2.2C10H26OSi2.2C9H24OSi2.C8H22OSi2.C8H20OSi.C7H18OSi.C6H16OSi.C5H14OSi.C4H12O2Si/c1-7-9-10-11-14(5,6)12-13(3,4)8-2;1-7-9-11-14(5,6)12-13(3,4)10-8-2;1-7-9-10-13(5,6)11-12(3,4)8-2;1-7-9-12(3,4)11-13(5,6)10-8-2;2*1-7-9-12(5,6)10-11(3,4)8-2;1-7-10(3,4)9-11(5,6)8-2;1-5-6-7-8-10(3,4)9-2;1-5-6-7-9(3,4)8-2;1-5-6-8(3,4)7-2;2*1-5-7(3,4)6-2/h2*7-11H2,1-6H3;2*7-10H2,1-6H3;2*7-9H2,1-6H3;7-8H2,1-6H3;5-8H2,1-4H3;5-7H2,1-4H3;5-6H2,1-4H3;5H2,1-4H3;1-4H3. The molecule has 0 aromatic heterocycles. The summed E-state index contributed by atoms with van der Waals surface area (Å²) in [5, 5.41) is 0. The fourth-order valence-electron chi connectivity index (χ4n) is 13.6. The largest absolute Gasteiger partial charge is 0.456 e. The van der Waals surface area contributed by atoms with Crippen molar-refractivity contribution < 1.29 is 55.4 Å². The van der Waals surface area contributed by atoms with Crippen molar-refractivity contribution in [1.29, 1.82) is 0 Å². The van der Waals surface area contributed by atoms with E-state index < -0.39 is 158 Å². The number of hydrogen-bond acceptors (Lipinski definition) is 13. The quantitative estimate of drug-likeness (QED) is 0.0425. The van der Waals surface area contributed by atoms with Gasteiger partial charge in [-0.1, -0.05) is 240 Å². The van der Waals surface area contributed by atoms with Crippen LogP contribution >= 0.6 is 0 Å². The first-order chi connectivity index (χ1) is 58.4. The van der Waals surface area contributed by atoms with Crippen LogP contribution in [0, 0.1) is 0 Å². The zero-order chi connectivity index (χ0) is 106. The SMILES string of the molecule is CCCCC[Si](C)(C)OC.CCCCC[Si](C)(C)O[Si](C)(C)CC.CCCC[Si](C)(C)OC.CCCC[Si](C)(C)O[Si](C)(C)CC.CCCC[Si](C)(C)O[Si](C)(C)CCC.CCC[Si](C)(C)OC.CCC[Si](C)(C)O[Si](C)(C)CC.CCC[Si](C)(C)O[Si](C)(C)CC.CCC[Si](C)(C)O[Si](C)(C)CCC.CC[Si](C)(C)OC.CC[Si](C)(C)O[Si](C)(C)CC.CO[Si](C)(C)OC. The van der Waals surface area contributed by atoms with E-state index in [2.05, 4.69) is 360 Å². The molecule has 0 spiro atoms. The van der Waals surface area contributed by atoms with E-state index in [-0.39, 0.29) is 0 Å². The predicted molar refractivity (Wildman–Crippen MR) is 654 cm³/mol. The van der Waals surface area contributed by atoms with Crippen LogP contribution in [-0.2, 0) is 55.4 Å². The molecule has 0 aliphatic heterocycles. The average Bonchev–Trinajstić information content (AvgIpc) is 0.878. The van der Waals surface area contributed by atoms with Crippen LogP contribution in [0.4, 0.5) is 0 Å². The van der Waals surface area contributed by atoms with Gasteiger partial charge >= 0.3 is 8.56 Å². The second kappa shape index (κ2) is 82.7. The minimum Gasteiger partial charge on any atom is -0.456 e. The summed E-state index contributed by atoms with van der Waals surface area (Å²) in [5.41, 5.74) is 0. The maximum Gasteiger partial charge on any atom is 0.331 e. The van der Waals surface area contributed by atoms with Crippen LogP contribution in [-0.4, -0.2) is 201 Å². The third-order valence-corrected chi connectivity index (χ3v) is 91.6. The Morgan fingerprint density at radius 2 is 0.238 bits per heavy atom. The minimum atomic E-state index is -1.65. The maximum atomic E-state index is 6.45. The van der Waals surface area contributed by atoms with Crippen LogP contribution < -0.4 is 0 Å². The molecule has 0 fully saturated rings. The number of unbranched alkanes of at least 4 members (excludes halogenated alkanes) is 7.